The third kappa shape index (κ3) is 4.08. The third-order valence-electron chi connectivity index (χ3n) is 3.27. The van der Waals surface area contributed by atoms with Gasteiger partial charge in [-0.1, -0.05) is 13.8 Å². The number of hydrogen-bond donors (Lipinski definition) is 2. The van der Waals surface area contributed by atoms with Crippen molar-refractivity contribution in [2.75, 3.05) is 10.6 Å². The highest BCUT2D eigenvalue weighted by atomic mass is 16.1. The van der Waals surface area contributed by atoms with E-state index in [4.69, 9.17) is 0 Å². The zero-order valence-electron chi connectivity index (χ0n) is 13.0. The van der Waals surface area contributed by atoms with E-state index in [0.717, 1.165) is 23.6 Å². The number of aromatic nitrogens is 2. The zero-order valence-corrected chi connectivity index (χ0v) is 13.0. The number of hydrogen-bond acceptors (Lipinski definition) is 3. The van der Waals surface area contributed by atoms with Crippen LogP contribution in [0.2, 0.25) is 0 Å². The Morgan fingerprint density at radius 3 is 2.38 bits per heavy atom. The van der Waals surface area contributed by atoms with E-state index in [9.17, 15) is 4.79 Å². The molecule has 2 rings (SSSR count). The number of nitrogens with one attached hydrogen (secondary N) is 2. The first kappa shape index (κ1) is 15.1. The van der Waals surface area contributed by atoms with Crippen molar-refractivity contribution in [1.82, 2.24) is 9.78 Å². The van der Waals surface area contributed by atoms with E-state index >= 15 is 0 Å². The normalized spacial score (nSPS) is 10.7. The van der Waals surface area contributed by atoms with Gasteiger partial charge in [0.15, 0.2) is 0 Å². The SMILES string of the molecule is Cc1nn(C)cc1CNc1ccc(NC(=O)C(C)C)cc1. The lowest BCUT2D eigenvalue weighted by atomic mass is 10.2. The number of anilines is 2. The summed E-state index contributed by atoms with van der Waals surface area (Å²) in [5.74, 6) is 0.0121. The topological polar surface area (TPSA) is 59.0 Å². The van der Waals surface area contributed by atoms with Gasteiger partial charge in [0, 0.05) is 42.6 Å². The van der Waals surface area contributed by atoms with Crippen molar-refractivity contribution >= 4 is 17.3 Å². The number of nitrogens with zero attached hydrogens (tertiary/aromatic N) is 2. The highest BCUT2D eigenvalue weighted by molar-refractivity contribution is 5.92. The van der Waals surface area contributed by atoms with Crippen LogP contribution in [0.4, 0.5) is 11.4 Å². The van der Waals surface area contributed by atoms with Gasteiger partial charge in [-0.05, 0) is 31.2 Å². The highest BCUT2D eigenvalue weighted by Gasteiger charge is 2.07. The van der Waals surface area contributed by atoms with Crippen LogP contribution in [-0.2, 0) is 18.4 Å². The van der Waals surface area contributed by atoms with Gasteiger partial charge in [-0.15, -0.1) is 0 Å². The van der Waals surface area contributed by atoms with Crippen LogP contribution in [0.5, 0.6) is 0 Å². The molecule has 0 bridgehead atoms. The minimum Gasteiger partial charge on any atom is -0.381 e. The molecule has 0 unspecified atom stereocenters. The highest BCUT2D eigenvalue weighted by Crippen LogP contribution is 2.16. The molecule has 2 N–H and O–H groups in total. The van der Waals surface area contributed by atoms with Crippen molar-refractivity contribution in [3.8, 4) is 0 Å². The second-order valence-corrected chi connectivity index (χ2v) is 5.49. The number of carbonyl (C=O) groups is 1. The lowest BCUT2D eigenvalue weighted by Crippen LogP contribution is -2.17. The van der Waals surface area contributed by atoms with Gasteiger partial charge in [-0.3, -0.25) is 9.48 Å². The van der Waals surface area contributed by atoms with Crippen LogP contribution in [-0.4, -0.2) is 15.7 Å². The maximum Gasteiger partial charge on any atom is 0.226 e. The molecular formula is C16H22N4O. The molecule has 2 aromatic rings. The van der Waals surface area contributed by atoms with E-state index in [1.54, 1.807) is 0 Å². The minimum atomic E-state index is -0.0173. The largest absolute Gasteiger partial charge is 0.381 e. The molecule has 0 aliphatic rings. The summed E-state index contributed by atoms with van der Waals surface area (Å²) in [6.45, 7) is 6.49. The number of benzene rings is 1. The Hall–Kier alpha value is -2.30. The zero-order chi connectivity index (χ0) is 15.4. The summed E-state index contributed by atoms with van der Waals surface area (Å²) >= 11 is 0. The van der Waals surface area contributed by atoms with Crippen molar-refractivity contribution in [2.45, 2.75) is 27.3 Å². The first-order valence-electron chi connectivity index (χ1n) is 7.09. The number of amides is 1. The van der Waals surface area contributed by atoms with Crippen LogP contribution >= 0.6 is 0 Å². The first-order chi connectivity index (χ1) is 9.95. The van der Waals surface area contributed by atoms with Crippen LogP contribution in [0, 0.1) is 12.8 Å². The van der Waals surface area contributed by atoms with E-state index in [0.29, 0.717) is 0 Å². The molecular weight excluding hydrogens is 264 g/mol. The van der Waals surface area contributed by atoms with Crippen LogP contribution in [0.1, 0.15) is 25.1 Å². The average molecular weight is 286 g/mol. The molecule has 5 heteroatoms. The van der Waals surface area contributed by atoms with Gasteiger partial charge in [0.1, 0.15) is 0 Å². The van der Waals surface area contributed by atoms with E-state index in [2.05, 4.69) is 15.7 Å². The Balaban J connectivity index is 1.93. The summed E-state index contributed by atoms with van der Waals surface area (Å²) in [5, 5.41) is 10.5. The van der Waals surface area contributed by atoms with Crippen molar-refractivity contribution in [3.63, 3.8) is 0 Å². The lowest BCUT2D eigenvalue weighted by molar-refractivity contribution is -0.118. The Morgan fingerprint density at radius 1 is 1.24 bits per heavy atom. The molecule has 0 atom stereocenters. The Morgan fingerprint density at radius 2 is 1.86 bits per heavy atom. The molecule has 1 aromatic heterocycles. The van der Waals surface area contributed by atoms with Gasteiger partial charge in [-0.25, -0.2) is 0 Å². The average Bonchev–Trinajstić information content (AvgIpc) is 2.76. The summed E-state index contributed by atoms with van der Waals surface area (Å²) in [5.41, 5.74) is 4.04. The van der Waals surface area contributed by atoms with Crippen LogP contribution < -0.4 is 10.6 Å². The predicted molar refractivity (Wildman–Crippen MR) is 85.2 cm³/mol. The molecule has 0 saturated heterocycles. The quantitative estimate of drug-likeness (QED) is 0.888. The number of carbonyl (C=O) groups excluding carboxylic acids is 1. The summed E-state index contributed by atoms with van der Waals surface area (Å²) in [6, 6.07) is 7.72. The maximum atomic E-state index is 11.6. The standard InChI is InChI=1S/C16H22N4O/c1-11(2)16(21)18-15-7-5-14(6-8-15)17-9-13-10-20(4)19-12(13)3/h5-8,10-11,17H,9H2,1-4H3,(H,18,21). The summed E-state index contributed by atoms with van der Waals surface area (Å²) in [6.07, 6.45) is 2.01. The molecule has 0 radical (unpaired) electrons. The monoisotopic (exact) mass is 286 g/mol. The fraction of sp³-hybridized carbons (Fsp3) is 0.375. The number of rotatable bonds is 5. The number of aryl methyl sites for hydroxylation is 2. The molecule has 0 fully saturated rings. The molecule has 0 aliphatic carbocycles. The Labute approximate surface area is 125 Å². The molecule has 21 heavy (non-hydrogen) atoms. The molecule has 1 amide bonds. The van der Waals surface area contributed by atoms with E-state index in [1.807, 2.05) is 63.0 Å². The van der Waals surface area contributed by atoms with Gasteiger partial charge in [-0.2, -0.15) is 5.10 Å². The molecule has 5 nitrogen and oxygen atoms in total. The molecule has 0 saturated carbocycles. The predicted octanol–water partition coefficient (Wildman–Crippen LogP) is 2.94. The summed E-state index contributed by atoms with van der Waals surface area (Å²) in [4.78, 5) is 11.6. The van der Waals surface area contributed by atoms with E-state index in [-0.39, 0.29) is 11.8 Å². The first-order valence-corrected chi connectivity index (χ1v) is 7.09. The molecule has 1 heterocycles. The van der Waals surface area contributed by atoms with Gasteiger partial charge in [0.2, 0.25) is 5.91 Å². The van der Waals surface area contributed by atoms with Gasteiger partial charge < -0.3 is 10.6 Å². The van der Waals surface area contributed by atoms with Gasteiger partial charge in [0.25, 0.3) is 0 Å². The maximum absolute atomic E-state index is 11.6. The van der Waals surface area contributed by atoms with Crippen LogP contribution in [0.15, 0.2) is 30.5 Å². The minimum absolute atomic E-state index is 0.0173. The molecule has 112 valence electrons. The van der Waals surface area contributed by atoms with Crippen LogP contribution in [0.3, 0.4) is 0 Å². The second-order valence-electron chi connectivity index (χ2n) is 5.49. The Kier molecular flexibility index (Phi) is 4.62. The van der Waals surface area contributed by atoms with Gasteiger partial charge >= 0.3 is 0 Å². The van der Waals surface area contributed by atoms with Crippen molar-refractivity contribution in [1.29, 1.82) is 0 Å². The molecule has 0 spiro atoms. The smallest absolute Gasteiger partial charge is 0.226 e. The summed E-state index contributed by atoms with van der Waals surface area (Å²) in [7, 11) is 1.92. The lowest BCUT2D eigenvalue weighted by Gasteiger charge is -2.09. The summed E-state index contributed by atoms with van der Waals surface area (Å²) < 4.78 is 1.82. The van der Waals surface area contributed by atoms with Crippen molar-refractivity contribution in [2.24, 2.45) is 13.0 Å². The van der Waals surface area contributed by atoms with Crippen molar-refractivity contribution in [3.05, 3.63) is 41.7 Å². The fourth-order valence-electron chi connectivity index (χ4n) is 1.98. The second kappa shape index (κ2) is 6.43. The van der Waals surface area contributed by atoms with E-state index in [1.165, 1.54) is 5.56 Å². The van der Waals surface area contributed by atoms with Crippen LogP contribution in [0.25, 0.3) is 0 Å². The molecule has 1 aromatic carbocycles. The third-order valence-corrected chi connectivity index (χ3v) is 3.27. The van der Waals surface area contributed by atoms with Crippen molar-refractivity contribution < 1.29 is 4.79 Å². The molecule has 0 aliphatic heterocycles. The van der Waals surface area contributed by atoms with E-state index < -0.39 is 0 Å². The fourth-order valence-corrected chi connectivity index (χ4v) is 1.98. The van der Waals surface area contributed by atoms with Gasteiger partial charge in [0.05, 0.1) is 5.69 Å². The Bertz CT molecular complexity index is 614.